The molecule has 0 atom stereocenters. The fourth-order valence-corrected chi connectivity index (χ4v) is 6.69. The molecule has 0 saturated heterocycles. The Labute approximate surface area is 141 Å². The van der Waals surface area contributed by atoms with Gasteiger partial charge in [-0.2, -0.15) is 0 Å². The van der Waals surface area contributed by atoms with Crippen molar-refractivity contribution in [2.45, 2.75) is 62.7 Å². The smallest absolute Gasteiger partial charge is 0.241 e. The van der Waals surface area contributed by atoms with Crippen LogP contribution in [0, 0.1) is 11.8 Å². The first kappa shape index (κ1) is 15.8. The van der Waals surface area contributed by atoms with E-state index in [9.17, 15) is 13.2 Å². The van der Waals surface area contributed by atoms with E-state index < -0.39 is 10.0 Å². The topological polar surface area (TPSA) is 63.2 Å². The van der Waals surface area contributed by atoms with E-state index in [1.807, 2.05) is 0 Å². The van der Waals surface area contributed by atoms with Gasteiger partial charge < -0.3 is 0 Å². The van der Waals surface area contributed by atoms with Crippen LogP contribution in [0.2, 0.25) is 0 Å². The van der Waals surface area contributed by atoms with Crippen molar-refractivity contribution >= 4 is 27.1 Å². The van der Waals surface area contributed by atoms with E-state index in [0.29, 0.717) is 23.8 Å². The van der Waals surface area contributed by atoms with Gasteiger partial charge in [0.15, 0.2) is 0 Å². The summed E-state index contributed by atoms with van der Waals surface area (Å²) in [6.07, 6.45) is 8.48. The largest absolute Gasteiger partial charge is 0.299 e. The van der Waals surface area contributed by atoms with Crippen LogP contribution >= 0.6 is 11.3 Å². The highest BCUT2D eigenvalue weighted by molar-refractivity contribution is 7.89. The molecule has 0 unspecified atom stereocenters. The van der Waals surface area contributed by atoms with Gasteiger partial charge in [0, 0.05) is 28.6 Å². The molecule has 4 nitrogen and oxygen atoms in total. The van der Waals surface area contributed by atoms with E-state index in [1.54, 1.807) is 11.3 Å². The Kier molecular flexibility index (Phi) is 4.10. The number of rotatable bonds is 7. The van der Waals surface area contributed by atoms with Crippen LogP contribution < -0.4 is 4.72 Å². The first-order valence-corrected chi connectivity index (χ1v) is 11.0. The zero-order valence-corrected chi connectivity index (χ0v) is 14.9. The van der Waals surface area contributed by atoms with Crippen molar-refractivity contribution in [2.24, 2.45) is 11.8 Å². The number of nitrogens with one attached hydrogen (secondary N) is 1. The third-order valence-electron chi connectivity index (χ3n) is 5.09. The zero-order valence-electron chi connectivity index (χ0n) is 13.3. The van der Waals surface area contributed by atoms with E-state index in [0.717, 1.165) is 61.8 Å². The standard InChI is InChI=1S/C17H23NO3S2/c19-14(12-7-8-12)9-16-17(13-3-1-2-4-15(13)22-16)23(20,21)18-10-11-5-6-11/h11-12,18H,1-10H2. The lowest BCUT2D eigenvalue weighted by Crippen LogP contribution is -2.27. The van der Waals surface area contributed by atoms with Crippen LogP contribution in [0.25, 0.3) is 0 Å². The number of carbonyl (C=O) groups is 1. The van der Waals surface area contributed by atoms with Crippen molar-refractivity contribution in [1.82, 2.24) is 4.72 Å². The van der Waals surface area contributed by atoms with Crippen LogP contribution in [0.3, 0.4) is 0 Å². The fraction of sp³-hybridized carbons (Fsp3) is 0.706. The summed E-state index contributed by atoms with van der Waals surface area (Å²) in [5.41, 5.74) is 1.00. The van der Waals surface area contributed by atoms with Gasteiger partial charge in [-0.1, -0.05) is 0 Å². The Morgan fingerprint density at radius 1 is 1.13 bits per heavy atom. The zero-order chi connectivity index (χ0) is 16.0. The molecule has 1 heterocycles. The van der Waals surface area contributed by atoms with Crippen molar-refractivity contribution in [3.05, 3.63) is 15.3 Å². The predicted molar refractivity (Wildman–Crippen MR) is 90.3 cm³/mol. The second kappa shape index (κ2) is 5.97. The van der Waals surface area contributed by atoms with Gasteiger partial charge in [-0.25, -0.2) is 13.1 Å². The molecule has 23 heavy (non-hydrogen) atoms. The molecule has 2 saturated carbocycles. The molecular formula is C17H23NO3S2. The molecule has 6 heteroatoms. The van der Waals surface area contributed by atoms with Crippen molar-refractivity contribution in [2.75, 3.05) is 6.54 Å². The van der Waals surface area contributed by atoms with Gasteiger partial charge in [0.25, 0.3) is 0 Å². The minimum absolute atomic E-state index is 0.184. The third-order valence-corrected chi connectivity index (χ3v) is 8.08. The summed E-state index contributed by atoms with van der Waals surface area (Å²) in [6.45, 7) is 0.545. The highest BCUT2D eigenvalue weighted by Gasteiger charge is 2.35. The van der Waals surface area contributed by atoms with Crippen molar-refractivity contribution in [1.29, 1.82) is 0 Å². The maximum absolute atomic E-state index is 12.9. The van der Waals surface area contributed by atoms with Crippen LogP contribution in [-0.4, -0.2) is 20.7 Å². The minimum Gasteiger partial charge on any atom is -0.299 e. The van der Waals surface area contributed by atoms with Crippen LogP contribution in [0.1, 0.15) is 53.8 Å². The van der Waals surface area contributed by atoms with Gasteiger partial charge >= 0.3 is 0 Å². The van der Waals surface area contributed by atoms with Crippen LogP contribution in [0.5, 0.6) is 0 Å². The summed E-state index contributed by atoms with van der Waals surface area (Å²) < 4.78 is 28.5. The minimum atomic E-state index is -3.49. The number of ketones is 1. The Hall–Kier alpha value is -0.720. The number of fused-ring (bicyclic) bond motifs is 1. The number of aryl methyl sites for hydroxylation is 1. The average molecular weight is 354 g/mol. The summed E-state index contributed by atoms with van der Waals surface area (Å²) >= 11 is 1.57. The van der Waals surface area contributed by atoms with Crippen molar-refractivity contribution in [3.63, 3.8) is 0 Å². The van der Waals surface area contributed by atoms with Gasteiger partial charge in [0.1, 0.15) is 5.78 Å². The fourth-order valence-electron chi connectivity index (χ4n) is 3.35. The highest BCUT2D eigenvalue weighted by Crippen LogP contribution is 2.40. The Morgan fingerprint density at radius 3 is 2.57 bits per heavy atom. The van der Waals surface area contributed by atoms with E-state index >= 15 is 0 Å². The first-order chi connectivity index (χ1) is 11.0. The normalized spacial score (nSPS) is 21.2. The molecule has 1 N–H and O–H groups in total. The second-order valence-corrected chi connectivity index (χ2v) is 10.1. The Morgan fingerprint density at radius 2 is 1.87 bits per heavy atom. The van der Waals surface area contributed by atoms with Gasteiger partial charge in [0.05, 0.1) is 4.90 Å². The number of Topliss-reactive ketones (excluding diaryl/α,β-unsaturated/α-hetero) is 1. The van der Waals surface area contributed by atoms with Gasteiger partial charge in [-0.05, 0) is 62.8 Å². The van der Waals surface area contributed by atoms with Gasteiger partial charge in [-0.15, -0.1) is 11.3 Å². The molecule has 4 rings (SSSR count). The molecule has 2 fully saturated rings. The van der Waals surface area contributed by atoms with E-state index in [-0.39, 0.29) is 11.7 Å². The van der Waals surface area contributed by atoms with E-state index in [1.165, 1.54) is 4.88 Å². The van der Waals surface area contributed by atoms with Crippen molar-refractivity contribution < 1.29 is 13.2 Å². The lowest BCUT2D eigenvalue weighted by atomic mass is 9.98. The van der Waals surface area contributed by atoms with E-state index in [2.05, 4.69) is 4.72 Å². The van der Waals surface area contributed by atoms with Crippen molar-refractivity contribution in [3.8, 4) is 0 Å². The molecule has 0 aliphatic heterocycles. The quantitative estimate of drug-likeness (QED) is 0.820. The molecule has 3 aliphatic rings. The molecule has 3 aliphatic carbocycles. The molecule has 0 bridgehead atoms. The van der Waals surface area contributed by atoms with Crippen LogP contribution in [-0.2, 0) is 34.1 Å². The SMILES string of the molecule is O=C(Cc1sc2c(c1S(=O)(=O)NCC1CC1)CCCC2)C1CC1. The summed E-state index contributed by atoms with van der Waals surface area (Å²) in [4.78, 5) is 14.7. The Balaban J connectivity index is 1.66. The third kappa shape index (κ3) is 3.39. The summed E-state index contributed by atoms with van der Waals surface area (Å²) in [5, 5.41) is 0. The number of sulfonamides is 1. The maximum Gasteiger partial charge on any atom is 0.241 e. The second-order valence-electron chi connectivity index (χ2n) is 7.18. The molecule has 126 valence electrons. The molecule has 0 radical (unpaired) electrons. The molecule has 0 aromatic carbocycles. The molecule has 1 aromatic heterocycles. The molecular weight excluding hydrogens is 330 g/mol. The van der Waals surface area contributed by atoms with Crippen LogP contribution in [0.4, 0.5) is 0 Å². The Bertz CT molecular complexity index is 727. The number of thiophene rings is 1. The monoisotopic (exact) mass is 353 g/mol. The van der Waals surface area contributed by atoms with Gasteiger partial charge in [0.2, 0.25) is 10.0 Å². The number of carbonyl (C=O) groups excluding carboxylic acids is 1. The van der Waals surface area contributed by atoms with Crippen LogP contribution in [0.15, 0.2) is 4.90 Å². The first-order valence-electron chi connectivity index (χ1n) is 8.70. The summed E-state index contributed by atoms with van der Waals surface area (Å²) in [5.74, 6) is 0.919. The van der Waals surface area contributed by atoms with E-state index in [4.69, 9.17) is 0 Å². The average Bonchev–Trinajstić information content (AvgIpc) is 3.41. The summed E-state index contributed by atoms with van der Waals surface area (Å²) in [6, 6.07) is 0. The molecule has 0 spiro atoms. The molecule has 0 amide bonds. The maximum atomic E-state index is 12.9. The highest BCUT2D eigenvalue weighted by atomic mass is 32.2. The predicted octanol–water partition coefficient (Wildman–Crippen LogP) is 2.84. The van der Waals surface area contributed by atoms with Gasteiger partial charge in [-0.3, -0.25) is 4.79 Å². The summed E-state index contributed by atoms with van der Waals surface area (Å²) in [7, 11) is -3.49. The lowest BCUT2D eigenvalue weighted by Gasteiger charge is -2.14. The lowest BCUT2D eigenvalue weighted by molar-refractivity contribution is -0.119. The molecule has 1 aromatic rings. The number of hydrogen-bond acceptors (Lipinski definition) is 4. The number of hydrogen-bond donors (Lipinski definition) is 1.